The van der Waals surface area contributed by atoms with Gasteiger partial charge in [0.15, 0.2) is 0 Å². The Morgan fingerprint density at radius 3 is 2.11 bits per heavy atom. The van der Waals surface area contributed by atoms with Gasteiger partial charge in [0.2, 0.25) is 11.8 Å². The molecule has 0 spiro atoms. The second-order valence-electron chi connectivity index (χ2n) is 6.72. The van der Waals surface area contributed by atoms with E-state index in [2.05, 4.69) is 36.5 Å². The number of nitrogens with one attached hydrogen (secondary N) is 1. The largest absolute Gasteiger partial charge is 0.357 e. The Labute approximate surface area is 162 Å². The van der Waals surface area contributed by atoms with Crippen LogP contribution in [-0.4, -0.2) is 29.8 Å². The van der Waals surface area contributed by atoms with Gasteiger partial charge in [-0.3, -0.25) is 9.59 Å². The van der Waals surface area contributed by atoms with Gasteiger partial charge < -0.3 is 10.2 Å². The lowest BCUT2D eigenvalue weighted by Gasteiger charge is -2.30. The van der Waals surface area contributed by atoms with Gasteiger partial charge in [-0.15, -0.1) is 0 Å². The van der Waals surface area contributed by atoms with E-state index in [1.54, 1.807) is 11.9 Å². The molecule has 0 aliphatic rings. The lowest BCUT2D eigenvalue weighted by Crippen LogP contribution is -2.48. The standard InChI is InChI=1S/C23H30N2O2/c1-4-18-11-13-19(14-12-18)15-16-22(26)25(21(5-2)23(27)24-3)17-20-9-7-6-8-10-20/h6-14,21H,4-5,15-17H2,1-3H3,(H,24,27). The molecule has 4 heteroatoms. The van der Waals surface area contributed by atoms with Gasteiger partial charge in [0.25, 0.3) is 0 Å². The van der Waals surface area contributed by atoms with Crippen LogP contribution in [0.3, 0.4) is 0 Å². The number of carbonyl (C=O) groups is 2. The molecule has 0 saturated carbocycles. The number of rotatable bonds is 9. The number of likely N-dealkylation sites (N-methyl/N-ethyl adjacent to an activating group) is 1. The zero-order valence-corrected chi connectivity index (χ0v) is 16.6. The van der Waals surface area contributed by atoms with Crippen LogP contribution in [-0.2, 0) is 29.0 Å². The zero-order chi connectivity index (χ0) is 19.6. The summed E-state index contributed by atoms with van der Waals surface area (Å²) in [6, 6.07) is 17.8. The van der Waals surface area contributed by atoms with E-state index < -0.39 is 6.04 Å². The third kappa shape index (κ3) is 5.95. The van der Waals surface area contributed by atoms with Gasteiger partial charge in [0.1, 0.15) is 6.04 Å². The van der Waals surface area contributed by atoms with Crippen LogP contribution in [0.15, 0.2) is 54.6 Å². The van der Waals surface area contributed by atoms with Crippen molar-refractivity contribution in [1.29, 1.82) is 0 Å². The Morgan fingerprint density at radius 1 is 0.926 bits per heavy atom. The number of nitrogens with zero attached hydrogens (tertiary/aromatic N) is 1. The smallest absolute Gasteiger partial charge is 0.242 e. The highest BCUT2D eigenvalue weighted by molar-refractivity contribution is 5.87. The van der Waals surface area contributed by atoms with Crippen LogP contribution < -0.4 is 5.32 Å². The minimum atomic E-state index is -0.454. The average Bonchev–Trinajstić information content (AvgIpc) is 2.72. The van der Waals surface area contributed by atoms with Crippen LogP contribution in [0.4, 0.5) is 0 Å². The van der Waals surface area contributed by atoms with Gasteiger partial charge in [-0.25, -0.2) is 0 Å². The molecule has 0 aliphatic heterocycles. The number of amides is 2. The molecule has 0 heterocycles. The Bertz CT molecular complexity index is 726. The van der Waals surface area contributed by atoms with E-state index in [1.807, 2.05) is 37.3 Å². The monoisotopic (exact) mass is 366 g/mol. The molecule has 1 atom stereocenters. The molecule has 0 aliphatic carbocycles. The number of hydrogen-bond acceptors (Lipinski definition) is 2. The molecular weight excluding hydrogens is 336 g/mol. The fourth-order valence-electron chi connectivity index (χ4n) is 3.20. The molecule has 0 aromatic heterocycles. The fraction of sp³-hybridized carbons (Fsp3) is 0.391. The van der Waals surface area contributed by atoms with E-state index in [4.69, 9.17) is 0 Å². The summed E-state index contributed by atoms with van der Waals surface area (Å²) in [6.07, 6.45) is 2.67. The fourth-order valence-corrected chi connectivity index (χ4v) is 3.20. The van der Waals surface area contributed by atoms with Crippen molar-refractivity contribution in [1.82, 2.24) is 10.2 Å². The third-order valence-corrected chi connectivity index (χ3v) is 4.89. The molecular formula is C23H30N2O2. The molecule has 27 heavy (non-hydrogen) atoms. The molecule has 2 rings (SSSR count). The van der Waals surface area contributed by atoms with Gasteiger partial charge in [-0.1, -0.05) is 68.4 Å². The van der Waals surface area contributed by atoms with Gasteiger partial charge in [-0.05, 0) is 36.0 Å². The predicted molar refractivity (Wildman–Crippen MR) is 109 cm³/mol. The summed E-state index contributed by atoms with van der Waals surface area (Å²) in [5, 5.41) is 2.69. The molecule has 0 radical (unpaired) electrons. The molecule has 4 nitrogen and oxygen atoms in total. The third-order valence-electron chi connectivity index (χ3n) is 4.89. The first kappa shape index (κ1) is 20.7. The molecule has 0 fully saturated rings. The summed E-state index contributed by atoms with van der Waals surface area (Å²) in [5.74, 6) is -0.108. The Morgan fingerprint density at radius 2 is 1.56 bits per heavy atom. The lowest BCUT2D eigenvalue weighted by molar-refractivity contribution is -0.141. The summed E-state index contributed by atoms with van der Waals surface area (Å²) in [6.45, 7) is 4.51. The SMILES string of the molecule is CCc1ccc(CCC(=O)N(Cc2ccccc2)C(CC)C(=O)NC)cc1. The number of carbonyl (C=O) groups excluding carboxylic acids is 2. The van der Waals surface area contributed by atoms with E-state index in [9.17, 15) is 9.59 Å². The first-order chi connectivity index (χ1) is 13.1. The molecule has 0 saturated heterocycles. The van der Waals surface area contributed by atoms with Crippen LogP contribution >= 0.6 is 0 Å². The Balaban J connectivity index is 2.12. The Kier molecular flexibility index (Phi) is 8.05. The number of aryl methyl sites for hydroxylation is 2. The average molecular weight is 367 g/mol. The minimum absolute atomic E-state index is 0.00821. The highest BCUT2D eigenvalue weighted by atomic mass is 16.2. The van der Waals surface area contributed by atoms with E-state index >= 15 is 0 Å². The van der Waals surface area contributed by atoms with E-state index in [0.29, 0.717) is 25.8 Å². The van der Waals surface area contributed by atoms with Crippen molar-refractivity contribution < 1.29 is 9.59 Å². The van der Waals surface area contributed by atoms with Gasteiger partial charge in [-0.2, -0.15) is 0 Å². The molecule has 2 aromatic carbocycles. The van der Waals surface area contributed by atoms with Crippen LogP contribution in [0.1, 0.15) is 43.4 Å². The van der Waals surface area contributed by atoms with Gasteiger partial charge in [0.05, 0.1) is 0 Å². The molecule has 1 unspecified atom stereocenters. The van der Waals surface area contributed by atoms with Crippen molar-refractivity contribution in [2.24, 2.45) is 0 Å². The zero-order valence-electron chi connectivity index (χ0n) is 16.6. The molecule has 2 aromatic rings. The predicted octanol–water partition coefficient (Wildman–Crippen LogP) is 3.74. The van der Waals surface area contributed by atoms with Crippen molar-refractivity contribution in [3.05, 3.63) is 71.3 Å². The topological polar surface area (TPSA) is 49.4 Å². The maximum Gasteiger partial charge on any atom is 0.242 e. The van der Waals surface area contributed by atoms with Crippen molar-refractivity contribution in [2.45, 2.75) is 52.1 Å². The van der Waals surface area contributed by atoms with Crippen molar-refractivity contribution in [3.63, 3.8) is 0 Å². The van der Waals surface area contributed by atoms with Gasteiger partial charge in [0, 0.05) is 20.0 Å². The van der Waals surface area contributed by atoms with Crippen LogP contribution in [0, 0.1) is 0 Å². The van der Waals surface area contributed by atoms with E-state index in [-0.39, 0.29) is 11.8 Å². The van der Waals surface area contributed by atoms with Gasteiger partial charge >= 0.3 is 0 Å². The highest BCUT2D eigenvalue weighted by Crippen LogP contribution is 2.15. The minimum Gasteiger partial charge on any atom is -0.357 e. The summed E-state index contributed by atoms with van der Waals surface area (Å²) in [7, 11) is 1.62. The number of hydrogen-bond donors (Lipinski definition) is 1. The lowest BCUT2D eigenvalue weighted by atomic mass is 10.0. The second-order valence-corrected chi connectivity index (χ2v) is 6.72. The molecule has 1 N–H and O–H groups in total. The van der Waals surface area contributed by atoms with Crippen molar-refractivity contribution >= 4 is 11.8 Å². The van der Waals surface area contributed by atoms with Crippen LogP contribution in [0.25, 0.3) is 0 Å². The summed E-state index contributed by atoms with van der Waals surface area (Å²) in [5.41, 5.74) is 3.47. The normalized spacial score (nSPS) is 11.7. The molecule has 144 valence electrons. The Hall–Kier alpha value is -2.62. The van der Waals surface area contributed by atoms with Crippen molar-refractivity contribution in [3.8, 4) is 0 Å². The maximum absolute atomic E-state index is 13.0. The van der Waals surface area contributed by atoms with Crippen LogP contribution in [0.2, 0.25) is 0 Å². The van der Waals surface area contributed by atoms with E-state index in [0.717, 1.165) is 17.5 Å². The second kappa shape index (κ2) is 10.5. The quantitative estimate of drug-likeness (QED) is 0.735. The number of benzene rings is 2. The maximum atomic E-state index is 13.0. The highest BCUT2D eigenvalue weighted by Gasteiger charge is 2.27. The summed E-state index contributed by atoms with van der Waals surface area (Å²) < 4.78 is 0. The van der Waals surface area contributed by atoms with Crippen molar-refractivity contribution in [2.75, 3.05) is 7.05 Å². The van der Waals surface area contributed by atoms with Crippen LogP contribution in [0.5, 0.6) is 0 Å². The summed E-state index contributed by atoms with van der Waals surface area (Å²) in [4.78, 5) is 27.0. The molecule has 2 amide bonds. The first-order valence-corrected chi connectivity index (χ1v) is 9.71. The molecule has 0 bridgehead atoms. The first-order valence-electron chi connectivity index (χ1n) is 9.71. The van der Waals surface area contributed by atoms with E-state index in [1.165, 1.54) is 5.56 Å². The summed E-state index contributed by atoms with van der Waals surface area (Å²) >= 11 is 0.